The van der Waals surface area contributed by atoms with Gasteiger partial charge in [-0.3, -0.25) is 14.4 Å². The fourth-order valence-corrected chi connectivity index (χ4v) is 5.53. The standard InChI is InChI=1S/C29H23FO5/c1-15-12-17(13-18-14-24(35-29(15)18)28(33)16-8-10-19(30)11-9-16)25-26-20(31)4-2-6-22(26)34-23-7-3-5-21(32)27(23)25/h8-14,25H,2-7H2,1H3. The van der Waals surface area contributed by atoms with Crippen molar-refractivity contribution in [1.82, 2.24) is 0 Å². The van der Waals surface area contributed by atoms with Gasteiger partial charge >= 0.3 is 0 Å². The van der Waals surface area contributed by atoms with Gasteiger partial charge in [-0.05, 0) is 67.3 Å². The van der Waals surface area contributed by atoms with Crippen molar-refractivity contribution in [3.8, 4) is 0 Å². The molecule has 0 atom stereocenters. The Bertz CT molecular complexity index is 1440. The molecule has 1 aliphatic heterocycles. The van der Waals surface area contributed by atoms with E-state index in [4.69, 9.17) is 9.15 Å². The first-order valence-electron chi connectivity index (χ1n) is 12.0. The van der Waals surface area contributed by atoms with Gasteiger partial charge in [0.25, 0.3) is 0 Å². The Morgan fingerprint density at radius 2 is 1.51 bits per heavy atom. The van der Waals surface area contributed by atoms with Crippen LogP contribution >= 0.6 is 0 Å². The van der Waals surface area contributed by atoms with Crippen molar-refractivity contribution >= 4 is 28.3 Å². The second kappa shape index (κ2) is 8.15. The van der Waals surface area contributed by atoms with E-state index >= 15 is 0 Å². The monoisotopic (exact) mass is 470 g/mol. The first kappa shape index (κ1) is 21.7. The van der Waals surface area contributed by atoms with Gasteiger partial charge < -0.3 is 9.15 Å². The third-order valence-corrected chi connectivity index (χ3v) is 7.13. The third kappa shape index (κ3) is 3.55. The number of allylic oxidation sites excluding steroid dienone is 4. The Kier molecular flexibility index (Phi) is 5.06. The van der Waals surface area contributed by atoms with E-state index in [0.717, 1.165) is 24.0 Å². The largest absolute Gasteiger partial charge is 0.465 e. The number of ether oxygens (including phenoxy) is 1. The Hall–Kier alpha value is -3.80. The second-order valence-electron chi connectivity index (χ2n) is 9.47. The van der Waals surface area contributed by atoms with Crippen LogP contribution in [0.15, 0.2) is 69.5 Å². The number of halogens is 1. The van der Waals surface area contributed by atoms with Crippen molar-refractivity contribution in [1.29, 1.82) is 0 Å². The summed E-state index contributed by atoms with van der Waals surface area (Å²) < 4.78 is 25.3. The zero-order valence-corrected chi connectivity index (χ0v) is 19.3. The molecule has 3 aliphatic rings. The van der Waals surface area contributed by atoms with E-state index in [2.05, 4.69) is 0 Å². The predicted molar refractivity (Wildman–Crippen MR) is 126 cm³/mol. The maximum atomic E-state index is 13.3. The van der Waals surface area contributed by atoms with Gasteiger partial charge in [0.05, 0.1) is 0 Å². The summed E-state index contributed by atoms with van der Waals surface area (Å²) in [5, 5.41) is 0.716. The zero-order valence-electron chi connectivity index (χ0n) is 19.3. The normalized spacial score (nSPS) is 18.6. The summed E-state index contributed by atoms with van der Waals surface area (Å²) in [6.45, 7) is 1.89. The number of hydrogen-bond acceptors (Lipinski definition) is 5. The molecule has 3 aromatic rings. The van der Waals surface area contributed by atoms with Gasteiger partial charge in [0.15, 0.2) is 17.3 Å². The van der Waals surface area contributed by atoms with Gasteiger partial charge in [-0.15, -0.1) is 0 Å². The average Bonchev–Trinajstić information content (AvgIpc) is 3.28. The molecular weight excluding hydrogens is 447 g/mol. The molecule has 2 aliphatic carbocycles. The third-order valence-electron chi connectivity index (χ3n) is 7.13. The van der Waals surface area contributed by atoms with Gasteiger partial charge in [0.1, 0.15) is 22.9 Å². The number of hydrogen-bond donors (Lipinski definition) is 0. The lowest BCUT2D eigenvalue weighted by molar-refractivity contribution is -0.117. The quantitative estimate of drug-likeness (QED) is 0.424. The lowest BCUT2D eigenvalue weighted by atomic mass is 9.73. The molecule has 1 aromatic heterocycles. The van der Waals surface area contributed by atoms with Gasteiger partial charge in [-0.2, -0.15) is 0 Å². The molecule has 0 amide bonds. The molecule has 2 aromatic carbocycles. The van der Waals surface area contributed by atoms with E-state index in [0.29, 0.717) is 64.9 Å². The van der Waals surface area contributed by atoms with Crippen molar-refractivity contribution in [3.63, 3.8) is 0 Å². The maximum Gasteiger partial charge on any atom is 0.228 e. The number of carbonyl (C=O) groups is 3. The molecule has 5 nitrogen and oxygen atoms in total. The second-order valence-corrected chi connectivity index (χ2v) is 9.47. The predicted octanol–water partition coefficient (Wildman–Crippen LogP) is 6.24. The van der Waals surface area contributed by atoms with Crippen LogP contribution in [0.4, 0.5) is 4.39 Å². The summed E-state index contributed by atoms with van der Waals surface area (Å²) in [5.41, 5.74) is 3.71. The Morgan fingerprint density at radius 1 is 0.886 bits per heavy atom. The SMILES string of the molecule is Cc1cc(C2C3=C(CCCC3=O)OC3=C2C(=O)CCC3)cc2cc(C(=O)c3ccc(F)cc3)oc12. The van der Waals surface area contributed by atoms with Crippen molar-refractivity contribution in [2.45, 2.75) is 51.4 Å². The van der Waals surface area contributed by atoms with Crippen LogP contribution in [0.1, 0.15) is 71.7 Å². The Labute approximate surface area is 201 Å². The molecule has 6 heteroatoms. The van der Waals surface area contributed by atoms with Gasteiger partial charge in [-0.1, -0.05) is 6.07 Å². The summed E-state index contributed by atoms with van der Waals surface area (Å²) >= 11 is 0. The van der Waals surface area contributed by atoms with Crippen LogP contribution in [0, 0.1) is 12.7 Å². The molecule has 0 spiro atoms. The highest BCUT2D eigenvalue weighted by atomic mass is 19.1. The number of aryl methyl sites for hydroxylation is 1. The fourth-order valence-electron chi connectivity index (χ4n) is 5.53. The molecular formula is C29H23FO5. The highest BCUT2D eigenvalue weighted by molar-refractivity contribution is 6.09. The van der Waals surface area contributed by atoms with E-state index in [1.165, 1.54) is 24.3 Å². The zero-order chi connectivity index (χ0) is 24.3. The number of furan rings is 1. The minimum Gasteiger partial charge on any atom is -0.465 e. The van der Waals surface area contributed by atoms with Crippen LogP contribution < -0.4 is 0 Å². The highest BCUT2D eigenvalue weighted by Crippen LogP contribution is 2.48. The van der Waals surface area contributed by atoms with Crippen LogP contribution in [0.5, 0.6) is 0 Å². The first-order chi connectivity index (χ1) is 16.9. The molecule has 0 bridgehead atoms. The molecule has 0 saturated heterocycles. The molecule has 6 rings (SSSR count). The number of benzene rings is 2. The molecule has 35 heavy (non-hydrogen) atoms. The number of rotatable bonds is 3. The fraction of sp³-hybridized carbons (Fsp3) is 0.276. The van der Waals surface area contributed by atoms with E-state index in [9.17, 15) is 18.8 Å². The lowest BCUT2D eigenvalue weighted by Gasteiger charge is -2.36. The number of Topliss-reactive ketones (excluding diaryl/α,β-unsaturated/α-hetero) is 2. The van der Waals surface area contributed by atoms with Crippen LogP contribution in [-0.2, 0) is 14.3 Å². The maximum absolute atomic E-state index is 13.3. The van der Waals surface area contributed by atoms with Crippen molar-refractivity contribution in [3.05, 3.63) is 93.4 Å². The van der Waals surface area contributed by atoms with E-state index in [1.807, 2.05) is 19.1 Å². The van der Waals surface area contributed by atoms with Gasteiger partial charge in [0.2, 0.25) is 5.78 Å². The summed E-state index contributed by atoms with van der Waals surface area (Å²) in [5.74, 6) is 0.364. The Morgan fingerprint density at radius 3 is 2.14 bits per heavy atom. The van der Waals surface area contributed by atoms with Crippen LogP contribution in [-0.4, -0.2) is 17.3 Å². The summed E-state index contributed by atoms with van der Waals surface area (Å²) in [6.07, 6.45) is 3.75. The summed E-state index contributed by atoms with van der Waals surface area (Å²) in [7, 11) is 0. The van der Waals surface area contributed by atoms with Crippen LogP contribution in [0.3, 0.4) is 0 Å². The topological polar surface area (TPSA) is 73.6 Å². The van der Waals surface area contributed by atoms with Crippen LogP contribution in [0.25, 0.3) is 11.0 Å². The summed E-state index contributed by atoms with van der Waals surface area (Å²) in [4.78, 5) is 39.1. The number of ketones is 3. The van der Waals surface area contributed by atoms with Crippen molar-refractivity contribution < 1.29 is 27.9 Å². The minimum absolute atomic E-state index is 0.0262. The minimum atomic E-state index is -0.469. The lowest BCUT2D eigenvalue weighted by Crippen LogP contribution is -2.30. The number of fused-ring (bicyclic) bond motifs is 1. The van der Waals surface area contributed by atoms with Gasteiger partial charge in [0, 0.05) is 53.7 Å². The first-order valence-corrected chi connectivity index (χ1v) is 12.0. The van der Waals surface area contributed by atoms with E-state index < -0.39 is 11.7 Å². The molecule has 0 unspecified atom stereocenters. The van der Waals surface area contributed by atoms with E-state index in [-0.39, 0.29) is 23.1 Å². The Balaban J connectivity index is 1.48. The molecule has 176 valence electrons. The molecule has 0 fully saturated rings. The van der Waals surface area contributed by atoms with Crippen molar-refractivity contribution in [2.24, 2.45) is 0 Å². The molecule has 0 radical (unpaired) electrons. The van der Waals surface area contributed by atoms with Crippen LogP contribution in [0.2, 0.25) is 0 Å². The summed E-state index contributed by atoms with van der Waals surface area (Å²) in [6, 6.07) is 10.8. The smallest absolute Gasteiger partial charge is 0.228 e. The molecule has 0 saturated carbocycles. The molecule has 0 N–H and O–H groups in total. The molecule has 2 heterocycles. The highest BCUT2D eigenvalue weighted by Gasteiger charge is 2.42. The average molecular weight is 470 g/mol. The van der Waals surface area contributed by atoms with Crippen molar-refractivity contribution in [2.75, 3.05) is 0 Å². The number of carbonyl (C=O) groups excluding carboxylic acids is 3. The van der Waals surface area contributed by atoms with Gasteiger partial charge in [-0.25, -0.2) is 4.39 Å². The van der Waals surface area contributed by atoms with E-state index in [1.54, 1.807) is 6.07 Å².